The van der Waals surface area contributed by atoms with Crippen molar-refractivity contribution in [1.82, 2.24) is 4.31 Å². The van der Waals surface area contributed by atoms with E-state index in [1.165, 1.54) is 11.4 Å². The molecule has 1 fully saturated rings. The molecule has 0 aliphatic carbocycles. The molecule has 1 heterocycles. The van der Waals surface area contributed by atoms with Crippen molar-refractivity contribution in [3.8, 4) is 5.75 Å². The molecule has 2 rings (SSSR count). The fourth-order valence-electron chi connectivity index (χ4n) is 2.83. The van der Waals surface area contributed by atoms with E-state index in [9.17, 15) is 18.3 Å². The highest BCUT2D eigenvalue weighted by Crippen LogP contribution is 2.37. The molecule has 1 aromatic carbocycles. The van der Waals surface area contributed by atoms with Gasteiger partial charge in [0, 0.05) is 13.1 Å². The molecule has 0 aromatic heterocycles. The van der Waals surface area contributed by atoms with E-state index >= 15 is 0 Å². The fraction of sp³-hybridized carbons (Fsp3) is 0.533. The summed E-state index contributed by atoms with van der Waals surface area (Å²) >= 11 is 0. The van der Waals surface area contributed by atoms with E-state index in [2.05, 4.69) is 0 Å². The van der Waals surface area contributed by atoms with Crippen molar-refractivity contribution in [2.24, 2.45) is 5.41 Å². The second-order valence-electron chi connectivity index (χ2n) is 6.07. The standard InChI is InChI=1S/C15H21NO5S/c1-10-7-11(2)13(12(8-10)21-4)22(19,20)16-6-5-15(3,9-16)14(17)18/h7-8H,5-6,9H2,1-4H3,(H,17,18). The number of methoxy groups -OCH3 is 1. The Morgan fingerprint density at radius 1 is 1.36 bits per heavy atom. The first-order chi connectivity index (χ1) is 10.1. The highest BCUT2D eigenvalue weighted by atomic mass is 32.2. The van der Waals surface area contributed by atoms with Crippen molar-refractivity contribution >= 4 is 16.0 Å². The van der Waals surface area contributed by atoms with Crippen LogP contribution < -0.4 is 4.74 Å². The molecule has 1 saturated heterocycles. The number of hydrogen-bond donors (Lipinski definition) is 1. The minimum absolute atomic E-state index is 0.0266. The Labute approximate surface area is 130 Å². The summed E-state index contributed by atoms with van der Waals surface area (Å²) in [5.74, 6) is -0.681. The summed E-state index contributed by atoms with van der Waals surface area (Å²) in [5.41, 5.74) is 0.463. The Hall–Kier alpha value is -1.60. The predicted octanol–water partition coefficient (Wildman–Crippen LogP) is 1.80. The van der Waals surface area contributed by atoms with Crippen LogP contribution in [0.4, 0.5) is 0 Å². The number of aryl methyl sites for hydroxylation is 2. The van der Waals surface area contributed by atoms with E-state index in [1.54, 1.807) is 26.0 Å². The molecule has 0 bridgehead atoms. The zero-order valence-electron chi connectivity index (χ0n) is 13.2. The fourth-order valence-corrected chi connectivity index (χ4v) is 4.73. The minimum atomic E-state index is -3.79. The van der Waals surface area contributed by atoms with E-state index in [0.717, 1.165) is 5.56 Å². The topological polar surface area (TPSA) is 83.9 Å². The number of ether oxygens (including phenoxy) is 1. The van der Waals surface area contributed by atoms with Gasteiger partial charge in [0.05, 0.1) is 12.5 Å². The normalized spacial score (nSPS) is 22.7. The van der Waals surface area contributed by atoms with E-state index in [-0.39, 0.29) is 18.0 Å². The van der Waals surface area contributed by atoms with Crippen LogP contribution in [0.2, 0.25) is 0 Å². The lowest BCUT2D eigenvalue weighted by Crippen LogP contribution is -2.35. The van der Waals surface area contributed by atoms with Crippen LogP contribution in [0, 0.1) is 19.3 Å². The largest absolute Gasteiger partial charge is 0.495 e. The highest BCUT2D eigenvalue weighted by molar-refractivity contribution is 7.89. The molecule has 0 spiro atoms. The molecule has 7 heteroatoms. The molecule has 1 aliphatic rings. The summed E-state index contributed by atoms with van der Waals surface area (Å²) in [7, 11) is -2.36. The van der Waals surface area contributed by atoms with E-state index < -0.39 is 21.4 Å². The Morgan fingerprint density at radius 3 is 2.50 bits per heavy atom. The summed E-state index contributed by atoms with van der Waals surface area (Å²) in [6.45, 7) is 5.32. The smallest absolute Gasteiger partial charge is 0.310 e. The number of benzene rings is 1. The Balaban J connectivity index is 2.47. The molecule has 122 valence electrons. The third kappa shape index (κ3) is 2.70. The highest BCUT2D eigenvalue weighted by Gasteiger charge is 2.45. The number of carboxylic acids is 1. The maximum atomic E-state index is 12.9. The first-order valence-corrected chi connectivity index (χ1v) is 8.44. The zero-order valence-corrected chi connectivity index (χ0v) is 14.0. The van der Waals surface area contributed by atoms with Gasteiger partial charge in [-0.25, -0.2) is 8.42 Å². The third-order valence-corrected chi connectivity index (χ3v) is 6.19. The molecule has 1 aromatic rings. The lowest BCUT2D eigenvalue weighted by Gasteiger charge is -2.22. The first kappa shape index (κ1) is 16.8. The van der Waals surface area contributed by atoms with Gasteiger partial charge in [-0.05, 0) is 44.4 Å². The van der Waals surface area contributed by atoms with Crippen molar-refractivity contribution in [2.45, 2.75) is 32.1 Å². The molecule has 1 unspecified atom stereocenters. The Morgan fingerprint density at radius 2 is 2.00 bits per heavy atom. The van der Waals surface area contributed by atoms with Crippen molar-refractivity contribution in [1.29, 1.82) is 0 Å². The molecule has 0 saturated carbocycles. The number of carbonyl (C=O) groups is 1. The van der Waals surface area contributed by atoms with Crippen LogP contribution in [0.3, 0.4) is 0 Å². The predicted molar refractivity (Wildman–Crippen MR) is 81.6 cm³/mol. The first-order valence-electron chi connectivity index (χ1n) is 7.00. The average molecular weight is 327 g/mol. The number of hydrogen-bond acceptors (Lipinski definition) is 4. The van der Waals surface area contributed by atoms with Crippen molar-refractivity contribution < 1.29 is 23.1 Å². The van der Waals surface area contributed by atoms with Gasteiger partial charge in [0.25, 0.3) is 0 Å². The van der Waals surface area contributed by atoms with Gasteiger partial charge in [-0.15, -0.1) is 0 Å². The van der Waals surface area contributed by atoms with Crippen LogP contribution in [-0.4, -0.2) is 44.0 Å². The average Bonchev–Trinajstić information content (AvgIpc) is 2.82. The second kappa shape index (κ2) is 5.55. The molecule has 0 amide bonds. The maximum absolute atomic E-state index is 12.9. The molecular weight excluding hydrogens is 306 g/mol. The minimum Gasteiger partial charge on any atom is -0.495 e. The van der Waals surface area contributed by atoms with Gasteiger partial charge in [-0.1, -0.05) is 6.07 Å². The molecule has 1 atom stereocenters. The van der Waals surface area contributed by atoms with Crippen molar-refractivity contribution in [3.05, 3.63) is 23.3 Å². The number of rotatable bonds is 4. The lowest BCUT2D eigenvalue weighted by molar-refractivity contribution is -0.146. The van der Waals surface area contributed by atoms with Gasteiger partial charge in [0.1, 0.15) is 10.6 Å². The van der Waals surface area contributed by atoms with Gasteiger partial charge >= 0.3 is 5.97 Å². The zero-order chi connectivity index (χ0) is 16.7. The SMILES string of the molecule is COc1cc(C)cc(C)c1S(=O)(=O)N1CCC(C)(C(=O)O)C1. The third-order valence-electron chi connectivity index (χ3n) is 4.16. The number of nitrogens with zero attached hydrogens (tertiary/aromatic N) is 1. The van der Waals surface area contributed by atoms with E-state index in [0.29, 0.717) is 17.7 Å². The Kier molecular flexibility index (Phi) is 4.23. The molecule has 0 radical (unpaired) electrons. The summed E-state index contributed by atoms with van der Waals surface area (Å²) < 4.78 is 32.3. The molecule has 1 aliphatic heterocycles. The van der Waals surface area contributed by atoms with Crippen LogP contribution in [0.5, 0.6) is 5.75 Å². The van der Waals surface area contributed by atoms with Crippen LogP contribution >= 0.6 is 0 Å². The van der Waals surface area contributed by atoms with Crippen LogP contribution in [0.1, 0.15) is 24.5 Å². The monoisotopic (exact) mass is 327 g/mol. The van der Waals surface area contributed by atoms with Crippen LogP contribution in [0.15, 0.2) is 17.0 Å². The molecular formula is C15H21NO5S. The van der Waals surface area contributed by atoms with E-state index in [1.807, 2.05) is 6.92 Å². The van der Waals surface area contributed by atoms with Gasteiger partial charge in [0.15, 0.2) is 0 Å². The van der Waals surface area contributed by atoms with Crippen LogP contribution in [-0.2, 0) is 14.8 Å². The van der Waals surface area contributed by atoms with Gasteiger partial charge in [-0.3, -0.25) is 4.79 Å². The lowest BCUT2D eigenvalue weighted by atomic mass is 9.90. The number of carboxylic acid groups (broad SMARTS) is 1. The summed E-state index contributed by atoms with van der Waals surface area (Å²) in [6.07, 6.45) is 0.300. The number of aliphatic carboxylic acids is 1. The van der Waals surface area contributed by atoms with E-state index in [4.69, 9.17) is 4.74 Å². The molecule has 1 N–H and O–H groups in total. The quantitative estimate of drug-likeness (QED) is 0.911. The molecule has 6 nitrogen and oxygen atoms in total. The van der Waals surface area contributed by atoms with Gasteiger partial charge < -0.3 is 9.84 Å². The maximum Gasteiger partial charge on any atom is 0.310 e. The second-order valence-corrected chi connectivity index (χ2v) is 7.94. The van der Waals surface area contributed by atoms with Crippen molar-refractivity contribution in [3.63, 3.8) is 0 Å². The molecule has 22 heavy (non-hydrogen) atoms. The van der Waals surface area contributed by atoms with Crippen LogP contribution in [0.25, 0.3) is 0 Å². The van der Waals surface area contributed by atoms with Gasteiger partial charge in [0.2, 0.25) is 10.0 Å². The van der Waals surface area contributed by atoms with Crippen molar-refractivity contribution in [2.75, 3.05) is 20.2 Å². The van der Waals surface area contributed by atoms with Gasteiger partial charge in [-0.2, -0.15) is 4.31 Å². The number of sulfonamides is 1. The Bertz CT molecular complexity index is 713. The summed E-state index contributed by atoms with van der Waals surface area (Å²) in [5, 5.41) is 9.27. The summed E-state index contributed by atoms with van der Waals surface area (Å²) in [4.78, 5) is 11.4. The summed E-state index contributed by atoms with van der Waals surface area (Å²) in [6, 6.07) is 3.45.